The number of aliphatic carboxylic acids is 1. The summed E-state index contributed by atoms with van der Waals surface area (Å²) in [7, 11) is 0. The number of phenolic OH excluding ortho intramolecular Hbond substituents is 1. The Bertz CT molecular complexity index is 475. The second kappa shape index (κ2) is 6.27. The molecule has 1 aliphatic heterocycles. The van der Waals surface area contributed by atoms with Gasteiger partial charge >= 0.3 is 5.97 Å². The number of aryl methyl sites for hydroxylation is 2. The van der Waals surface area contributed by atoms with Crippen LogP contribution in [0.4, 0.5) is 0 Å². The molecular formula is C16H23NO3. The van der Waals surface area contributed by atoms with Crippen molar-refractivity contribution in [3.63, 3.8) is 0 Å². The second-order valence-corrected chi connectivity index (χ2v) is 5.75. The molecule has 110 valence electrons. The minimum absolute atomic E-state index is 0.333. The van der Waals surface area contributed by atoms with E-state index in [1.54, 1.807) is 0 Å². The van der Waals surface area contributed by atoms with Crippen LogP contribution in [0.3, 0.4) is 0 Å². The molecule has 1 atom stereocenters. The lowest BCUT2D eigenvalue weighted by Gasteiger charge is -2.27. The summed E-state index contributed by atoms with van der Waals surface area (Å²) >= 11 is 0. The van der Waals surface area contributed by atoms with E-state index in [1.165, 1.54) is 0 Å². The highest BCUT2D eigenvalue weighted by atomic mass is 16.4. The Balaban J connectivity index is 2.19. The molecule has 0 aliphatic carbocycles. The first kappa shape index (κ1) is 14.9. The third-order valence-electron chi connectivity index (χ3n) is 4.09. The van der Waals surface area contributed by atoms with Crippen LogP contribution in [-0.4, -0.2) is 33.7 Å². The zero-order valence-corrected chi connectivity index (χ0v) is 12.2. The van der Waals surface area contributed by atoms with Crippen LogP contribution >= 0.6 is 0 Å². The number of hydrogen-bond donors (Lipinski definition) is 2. The van der Waals surface area contributed by atoms with Crippen LogP contribution in [0.15, 0.2) is 12.1 Å². The van der Waals surface area contributed by atoms with Crippen LogP contribution in [0.5, 0.6) is 5.75 Å². The van der Waals surface area contributed by atoms with Crippen molar-refractivity contribution >= 4 is 5.97 Å². The number of rotatable bonds is 3. The molecule has 0 spiro atoms. The van der Waals surface area contributed by atoms with Crippen molar-refractivity contribution in [1.82, 2.24) is 4.90 Å². The molecule has 1 aromatic carbocycles. The average molecular weight is 277 g/mol. The zero-order valence-electron chi connectivity index (χ0n) is 12.2. The molecule has 0 saturated carbocycles. The van der Waals surface area contributed by atoms with Crippen LogP contribution in [0, 0.1) is 13.8 Å². The number of nitrogens with zero attached hydrogens (tertiary/aromatic N) is 1. The van der Waals surface area contributed by atoms with Crippen LogP contribution in [0.2, 0.25) is 0 Å². The molecule has 20 heavy (non-hydrogen) atoms. The maximum Gasteiger partial charge on any atom is 0.320 e. The molecule has 4 heteroatoms. The minimum atomic E-state index is -0.723. The Morgan fingerprint density at radius 3 is 2.50 bits per heavy atom. The molecular weight excluding hydrogens is 254 g/mol. The van der Waals surface area contributed by atoms with E-state index >= 15 is 0 Å². The van der Waals surface area contributed by atoms with Gasteiger partial charge in [0.15, 0.2) is 0 Å². The number of hydrogen-bond acceptors (Lipinski definition) is 3. The maximum absolute atomic E-state index is 11.4. The quantitative estimate of drug-likeness (QED) is 0.892. The molecule has 1 unspecified atom stereocenters. The summed E-state index contributed by atoms with van der Waals surface area (Å²) in [6, 6.07) is 3.52. The van der Waals surface area contributed by atoms with E-state index in [9.17, 15) is 15.0 Å². The number of aromatic hydroxyl groups is 1. The number of phenols is 1. The van der Waals surface area contributed by atoms with Gasteiger partial charge in [-0.3, -0.25) is 9.69 Å². The van der Waals surface area contributed by atoms with Gasteiger partial charge in [0, 0.05) is 6.54 Å². The highest BCUT2D eigenvalue weighted by Gasteiger charge is 2.27. The summed E-state index contributed by atoms with van der Waals surface area (Å²) in [5, 5.41) is 19.2. The monoisotopic (exact) mass is 277 g/mol. The van der Waals surface area contributed by atoms with Gasteiger partial charge in [0.25, 0.3) is 0 Å². The van der Waals surface area contributed by atoms with Crippen LogP contribution < -0.4 is 0 Å². The van der Waals surface area contributed by atoms with Gasteiger partial charge in [-0.25, -0.2) is 0 Å². The third-order valence-corrected chi connectivity index (χ3v) is 4.09. The van der Waals surface area contributed by atoms with Crippen molar-refractivity contribution < 1.29 is 15.0 Å². The first-order valence-corrected chi connectivity index (χ1v) is 7.25. The topological polar surface area (TPSA) is 60.8 Å². The molecule has 1 saturated heterocycles. The molecule has 1 fully saturated rings. The number of benzene rings is 1. The Kier molecular flexibility index (Phi) is 4.65. The Labute approximate surface area is 120 Å². The van der Waals surface area contributed by atoms with Crippen molar-refractivity contribution in [2.24, 2.45) is 0 Å². The predicted octanol–water partition coefficient (Wildman–Crippen LogP) is 2.84. The Morgan fingerprint density at radius 1 is 1.25 bits per heavy atom. The van der Waals surface area contributed by atoms with Crippen molar-refractivity contribution in [2.45, 2.75) is 52.1 Å². The zero-order chi connectivity index (χ0) is 14.7. The van der Waals surface area contributed by atoms with Crippen LogP contribution in [0.1, 0.15) is 42.4 Å². The van der Waals surface area contributed by atoms with E-state index in [2.05, 4.69) is 4.90 Å². The summed E-state index contributed by atoms with van der Waals surface area (Å²) in [4.78, 5) is 13.5. The van der Waals surface area contributed by atoms with Gasteiger partial charge in [-0.05, 0) is 49.9 Å². The van der Waals surface area contributed by atoms with E-state index in [4.69, 9.17) is 0 Å². The molecule has 1 heterocycles. The summed E-state index contributed by atoms with van der Waals surface area (Å²) in [5.74, 6) is -0.390. The van der Waals surface area contributed by atoms with Crippen molar-refractivity contribution in [3.05, 3.63) is 28.8 Å². The average Bonchev–Trinajstić information content (AvgIpc) is 2.61. The fraction of sp³-hybridized carbons (Fsp3) is 0.562. The SMILES string of the molecule is Cc1cc(CN2CCCCCC2C(=O)O)cc(C)c1O. The summed E-state index contributed by atoms with van der Waals surface area (Å²) in [5.41, 5.74) is 2.77. The van der Waals surface area contributed by atoms with Gasteiger partial charge < -0.3 is 10.2 Å². The lowest BCUT2D eigenvalue weighted by Crippen LogP contribution is -2.40. The largest absolute Gasteiger partial charge is 0.507 e. The predicted molar refractivity (Wildman–Crippen MR) is 77.9 cm³/mol. The lowest BCUT2D eigenvalue weighted by molar-refractivity contribution is -0.143. The highest BCUT2D eigenvalue weighted by Crippen LogP contribution is 2.25. The molecule has 4 nitrogen and oxygen atoms in total. The van der Waals surface area contributed by atoms with Gasteiger partial charge in [-0.1, -0.05) is 25.0 Å². The minimum Gasteiger partial charge on any atom is -0.507 e. The summed E-state index contributed by atoms with van der Waals surface area (Å²) < 4.78 is 0. The fourth-order valence-electron chi connectivity index (χ4n) is 3.01. The highest BCUT2D eigenvalue weighted by molar-refractivity contribution is 5.73. The van der Waals surface area contributed by atoms with Gasteiger partial charge in [-0.15, -0.1) is 0 Å². The molecule has 0 radical (unpaired) electrons. The van der Waals surface area contributed by atoms with E-state index in [-0.39, 0.29) is 6.04 Å². The standard InChI is InChI=1S/C16H23NO3/c1-11-8-13(9-12(2)15(11)18)10-17-7-5-3-4-6-14(17)16(19)20/h8-9,14,18H,3-7,10H2,1-2H3,(H,19,20). The van der Waals surface area contributed by atoms with E-state index in [0.29, 0.717) is 12.3 Å². The van der Waals surface area contributed by atoms with Gasteiger partial charge in [0.05, 0.1) is 0 Å². The maximum atomic E-state index is 11.4. The Morgan fingerprint density at radius 2 is 1.90 bits per heavy atom. The van der Waals surface area contributed by atoms with E-state index < -0.39 is 5.97 Å². The van der Waals surface area contributed by atoms with Crippen molar-refractivity contribution in [2.75, 3.05) is 6.54 Å². The molecule has 0 bridgehead atoms. The summed E-state index contributed by atoms with van der Waals surface area (Å²) in [6.07, 6.45) is 3.88. The molecule has 1 aliphatic rings. The molecule has 0 amide bonds. The first-order valence-electron chi connectivity index (χ1n) is 7.25. The van der Waals surface area contributed by atoms with Crippen molar-refractivity contribution in [1.29, 1.82) is 0 Å². The van der Waals surface area contributed by atoms with E-state index in [1.807, 2.05) is 26.0 Å². The number of carboxylic acids is 1. The normalized spacial score (nSPS) is 20.6. The van der Waals surface area contributed by atoms with Gasteiger partial charge in [0.1, 0.15) is 11.8 Å². The fourth-order valence-corrected chi connectivity index (χ4v) is 3.01. The van der Waals surface area contributed by atoms with Crippen LogP contribution in [0.25, 0.3) is 0 Å². The second-order valence-electron chi connectivity index (χ2n) is 5.75. The van der Waals surface area contributed by atoms with E-state index in [0.717, 1.165) is 48.9 Å². The summed E-state index contributed by atoms with van der Waals surface area (Å²) in [6.45, 7) is 5.22. The Hall–Kier alpha value is -1.55. The smallest absolute Gasteiger partial charge is 0.320 e. The first-order chi connectivity index (χ1) is 9.49. The number of carbonyl (C=O) groups is 1. The van der Waals surface area contributed by atoms with Crippen LogP contribution in [-0.2, 0) is 11.3 Å². The lowest BCUT2D eigenvalue weighted by atomic mass is 10.0. The molecule has 2 rings (SSSR count). The van der Waals surface area contributed by atoms with Crippen molar-refractivity contribution in [3.8, 4) is 5.75 Å². The number of carboxylic acid groups (broad SMARTS) is 1. The van der Waals surface area contributed by atoms with Gasteiger partial charge in [0.2, 0.25) is 0 Å². The molecule has 1 aromatic rings. The molecule has 2 N–H and O–H groups in total. The molecule has 0 aromatic heterocycles. The number of likely N-dealkylation sites (tertiary alicyclic amines) is 1. The third kappa shape index (κ3) is 3.31. The van der Waals surface area contributed by atoms with Gasteiger partial charge in [-0.2, -0.15) is 0 Å².